The molecular formula is C11H15N5. The SMILES string of the molecule is NCCCCn1nnnc1-c1ccccc1. The molecule has 16 heavy (non-hydrogen) atoms. The highest BCUT2D eigenvalue weighted by atomic mass is 15.5. The summed E-state index contributed by atoms with van der Waals surface area (Å²) in [6.45, 7) is 1.53. The van der Waals surface area contributed by atoms with Crippen molar-refractivity contribution in [2.45, 2.75) is 19.4 Å². The standard InChI is InChI=1S/C11H15N5/c12-8-4-5-9-16-11(13-14-15-16)10-6-2-1-3-7-10/h1-3,6-7H,4-5,8-9,12H2. The molecular weight excluding hydrogens is 202 g/mol. The molecule has 0 aliphatic carbocycles. The molecule has 0 saturated carbocycles. The lowest BCUT2D eigenvalue weighted by molar-refractivity contribution is 0.548. The lowest BCUT2D eigenvalue weighted by Gasteiger charge is -2.03. The van der Waals surface area contributed by atoms with Crippen molar-refractivity contribution in [3.63, 3.8) is 0 Å². The monoisotopic (exact) mass is 217 g/mol. The second kappa shape index (κ2) is 5.37. The van der Waals surface area contributed by atoms with Crippen molar-refractivity contribution in [3.8, 4) is 11.4 Å². The zero-order chi connectivity index (χ0) is 11.2. The lowest BCUT2D eigenvalue weighted by atomic mass is 10.2. The highest BCUT2D eigenvalue weighted by Crippen LogP contribution is 2.14. The van der Waals surface area contributed by atoms with Crippen molar-refractivity contribution in [2.75, 3.05) is 6.54 Å². The van der Waals surface area contributed by atoms with Crippen molar-refractivity contribution in [3.05, 3.63) is 30.3 Å². The molecule has 5 nitrogen and oxygen atoms in total. The first kappa shape index (κ1) is 10.8. The van der Waals surface area contributed by atoms with Crippen molar-refractivity contribution in [2.24, 2.45) is 5.73 Å². The van der Waals surface area contributed by atoms with Gasteiger partial charge in [-0.3, -0.25) is 0 Å². The Morgan fingerprint density at radius 2 is 1.94 bits per heavy atom. The molecule has 0 spiro atoms. The van der Waals surface area contributed by atoms with Crippen LogP contribution in [0.25, 0.3) is 11.4 Å². The summed E-state index contributed by atoms with van der Waals surface area (Å²) < 4.78 is 1.82. The van der Waals surface area contributed by atoms with E-state index in [1.165, 1.54) is 0 Å². The number of benzene rings is 1. The van der Waals surface area contributed by atoms with Crippen molar-refractivity contribution in [1.29, 1.82) is 0 Å². The fourth-order valence-corrected chi connectivity index (χ4v) is 1.56. The first-order chi connectivity index (χ1) is 7.92. The summed E-state index contributed by atoms with van der Waals surface area (Å²) in [5, 5.41) is 11.7. The van der Waals surface area contributed by atoms with Crippen LogP contribution >= 0.6 is 0 Å². The third-order valence-electron chi connectivity index (χ3n) is 2.39. The minimum Gasteiger partial charge on any atom is -0.330 e. The van der Waals surface area contributed by atoms with Gasteiger partial charge in [0.25, 0.3) is 0 Å². The van der Waals surface area contributed by atoms with Gasteiger partial charge in [0, 0.05) is 12.1 Å². The van der Waals surface area contributed by atoms with Gasteiger partial charge in [-0.25, -0.2) is 4.68 Å². The minimum absolute atomic E-state index is 0.711. The van der Waals surface area contributed by atoms with Crippen LogP contribution in [0.4, 0.5) is 0 Å². The molecule has 0 bridgehead atoms. The summed E-state index contributed by atoms with van der Waals surface area (Å²) in [6, 6.07) is 9.95. The maximum Gasteiger partial charge on any atom is 0.182 e. The van der Waals surface area contributed by atoms with E-state index in [2.05, 4.69) is 15.5 Å². The molecule has 0 fully saturated rings. The third-order valence-corrected chi connectivity index (χ3v) is 2.39. The van der Waals surface area contributed by atoms with Gasteiger partial charge in [0.2, 0.25) is 0 Å². The Balaban J connectivity index is 2.13. The average Bonchev–Trinajstić information content (AvgIpc) is 2.79. The molecule has 0 radical (unpaired) electrons. The normalized spacial score (nSPS) is 10.6. The van der Waals surface area contributed by atoms with Gasteiger partial charge in [0.1, 0.15) is 0 Å². The van der Waals surface area contributed by atoms with Gasteiger partial charge in [-0.05, 0) is 29.8 Å². The summed E-state index contributed by atoms with van der Waals surface area (Å²) in [4.78, 5) is 0. The van der Waals surface area contributed by atoms with E-state index in [1.807, 2.05) is 35.0 Å². The van der Waals surface area contributed by atoms with E-state index in [1.54, 1.807) is 0 Å². The van der Waals surface area contributed by atoms with Crippen molar-refractivity contribution < 1.29 is 0 Å². The molecule has 0 atom stereocenters. The summed E-state index contributed by atoms with van der Waals surface area (Å²) in [6.07, 6.45) is 2.00. The van der Waals surface area contributed by atoms with Crippen LogP contribution in [0.5, 0.6) is 0 Å². The van der Waals surface area contributed by atoms with Crippen LogP contribution in [0.1, 0.15) is 12.8 Å². The number of aromatic nitrogens is 4. The number of nitrogens with two attached hydrogens (primary N) is 1. The van der Waals surface area contributed by atoms with Crippen LogP contribution in [0.2, 0.25) is 0 Å². The second-order valence-electron chi connectivity index (χ2n) is 3.59. The molecule has 1 heterocycles. The molecule has 1 aromatic carbocycles. The van der Waals surface area contributed by atoms with Crippen LogP contribution in [-0.4, -0.2) is 26.8 Å². The topological polar surface area (TPSA) is 69.6 Å². The number of unbranched alkanes of at least 4 members (excludes halogenated alkanes) is 1. The van der Waals surface area contributed by atoms with Gasteiger partial charge in [0.15, 0.2) is 5.82 Å². The molecule has 2 N–H and O–H groups in total. The predicted molar refractivity (Wildman–Crippen MR) is 61.5 cm³/mol. The van der Waals surface area contributed by atoms with E-state index < -0.39 is 0 Å². The van der Waals surface area contributed by atoms with E-state index in [0.717, 1.165) is 30.8 Å². The highest BCUT2D eigenvalue weighted by molar-refractivity contribution is 5.53. The molecule has 0 amide bonds. The molecule has 2 rings (SSSR count). The van der Waals surface area contributed by atoms with Gasteiger partial charge >= 0.3 is 0 Å². The van der Waals surface area contributed by atoms with Crippen molar-refractivity contribution in [1.82, 2.24) is 20.2 Å². The Bertz CT molecular complexity index is 423. The van der Waals surface area contributed by atoms with Crippen LogP contribution in [0.3, 0.4) is 0 Å². The number of aryl methyl sites for hydroxylation is 1. The Kier molecular flexibility index (Phi) is 3.61. The number of hydrogen-bond acceptors (Lipinski definition) is 4. The Morgan fingerprint density at radius 1 is 1.12 bits per heavy atom. The summed E-state index contributed by atoms with van der Waals surface area (Å²) in [7, 11) is 0. The Morgan fingerprint density at radius 3 is 2.69 bits per heavy atom. The quantitative estimate of drug-likeness (QED) is 0.761. The molecule has 0 unspecified atom stereocenters. The first-order valence-corrected chi connectivity index (χ1v) is 5.43. The molecule has 1 aromatic heterocycles. The zero-order valence-corrected chi connectivity index (χ0v) is 9.08. The third kappa shape index (κ3) is 2.43. The summed E-state index contributed by atoms with van der Waals surface area (Å²) >= 11 is 0. The second-order valence-corrected chi connectivity index (χ2v) is 3.59. The fourth-order valence-electron chi connectivity index (χ4n) is 1.56. The number of tetrazole rings is 1. The highest BCUT2D eigenvalue weighted by Gasteiger charge is 2.07. The number of nitrogens with zero attached hydrogens (tertiary/aromatic N) is 4. The average molecular weight is 217 g/mol. The predicted octanol–water partition coefficient (Wildman–Crippen LogP) is 1.08. The molecule has 0 aliphatic rings. The summed E-state index contributed by atoms with van der Waals surface area (Å²) in [5.41, 5.74) is 6.50. The molecule has 0 aliphatic heterocycles. The number of hydrogen-bond donors (Lipinski definition) is 1. The van der Waals surface area contributed by atoms with E-state index >= 15 is 0 Å². The van der Waals surface area contributed by atoms with Crippen LogP contribution in [0.15, 0.2) is 30.3 Å². The molecule has 5 heteroatoms. The van der Waals surface area contributed by atoms with Crippen molar-refractivity contribution >= 4 is 0 Å². The molecule has 2 aromatic rings. The molecule has 84 valence electrons. The maximum absolute atomic E-state index is 5.46. The fraction of sp³-hybridized carbons (Fsp3) is 0.364. The zero-order valence-electron chi connectivity index (χ0n) is 9.08. The maximum atomic E-state index is 5.46. The van der Waals surface area contributed by atoms with Gasteiger partial charge in [0.05, 0.1) is 0 Å². The van der Waals surface area contributed by atoms with Gasteiger partial charge in [-0.2, -0.15) is 0 Å². The Labute approximate surface area is 94.3 Å². The largest absolute Gasteiger partial charge is 0.330 e. The van der Waals surface area contributed by atoms with Gasteiger partial charge in [-0.1, -0.05) is 30.3 Å². The van der Waals surface area contributed by atoms with Crippen LogP contribution in [0, 0.1) is 0 Å². The van der Waals surface area contributed by atoms with E-state index in [4.69, 9.17) is 5.73 Å². The lowest BCUT2D eigenvalue weighted by Crippen LogP contribution is -2.06. The van der Waals surface area contributed by atoms with Gasteiger partial charge < -0.3 is 5.73 Å². The van der Waals surface area contributed by atoms with E-state index in [9.17, 15) is 0 Å². The Hall–Kier alpha value is -1.75. The smallest absolute Gasteiger partial charge is 0.182 e. The molecule has 0 saturated heterocycles. The minimum atomic E-state index is 0.711. The number of rotatable bonds is 5. The first-order valence-electron chi connectivity index (χ1n) is 5.43. The van der Waals surface area contributed by atoms with Crippen LogP contribution < -0.4 is 5.73 Å². The summed E-state index contributed by atoms with van der Waals surface area (Å²) in [5.74, 6) is 0.817. The van der Waals surface area contributed by atoms with E-state index in [-0.39, 0.29) is 0 Å². The van der Waals surface area contributed by atoms with Gasteiger partial charge in [-0.15, -0.1) is 5.10 Å². The van der Waals surface area contributed by atoms with E-state index in [0.29, 0.717) is 6.54 Å². The van der Waals surface area contributed by atoms with Crippen LogP contribution in [-0.2, 0) is 6.54 Å².